The Balaban J connectivity index is 1.77. The molecular formula is C21H21N3O5S2. The molecule has 0 aliphatic rings. The topological polar surface area (TPSA) is 114 Å². The number of ether oxygens (including phenoxy) is 1. The zero-order chi connectivity index (χ0) is 22.4. The van der Waals surface area contributed by atoms with Crippen LogP contribution in [-0.2, 0) is 21.4 Å². The first-order valence-electron chi connectivity index (χ1n) is 9.19. The van der Waals surface area contributed by atoms with Crippen molar-refractivity contribution in [1.29, 1.82) is 0 Å². The summed E-state index contributed by atoms with van der Waals surface area (Å²) in [6.07, 6.45) is 0. The predicted molar refractivity (Wildman–Crippen MR) is 120 cm³/mol. The zero-order valence-corrected chi connectivity index (χ0v) is 18.5. The van der Waals surface area contributed by atoms with Crippen LogP contribution in [-0.4, -0.2) is 27.3 Å². The van der Waals surface area contributed by atoms with Crippen molar-refractivity contribution in [2.45, 2.75) is 17.7 Å². The summed E-state index contributed by atoms with van der Waals surface area (Å²) in [5.74, 6) is -0.00583. The maximum atomic E-state index is 12.8. The predicted octanol–water partition coefficient (Wildman–Crippen LogP) is 3.45. The molecule has 0 atom stereocenters. The molecule has 31 heavy (non-hydrogen) atoms. The average Bonchev–Trinajstić information content (AvgIpc) is 3.23. The van der Waals surface area contributed by atoms with Gasteiger partial charge in [-0.25, -0.2) is 8.42 Å². The molecular weight excluding hydrogens is 438 g/mol. The van der Waals surface area contributed by atoms with Crippen LogP contribution < -0.4 is 20.1 Å². The molecule has 1 aromatic heterocycles. The summed E-state index contributed by atoms with van der Waals surface area (Å²) in [4.78, 5) is 24.5. The molecule has 3 rings (SSSR count). The molecule has 0 saturated heterocycles. The van der Waals surface area contributed by atoms with Crippen molar-refractivity contribution in [2.75, 3.05) is 17.1 Å². The fourth-order valence-electron chi connectivity index (χ4n) is 2.65. The fraction of sp³-hybridized carbons (Fsp3) is 0.143. The molecule has 10 heteroatoms. The van der Waals surface area contributed by atoms with Crippen molar-refractivity contribution in [3.8, 4) is 5.75 Å². The van der Waals surface area contributed by atoms with E-state index in [0.29, 0.717) is 16.3 Å². The van der Waals surface area contributed by atoms with Gasteiger partial charge in [0, 0.05) is 17.5 Å². The molecule has 0 unspecified atom stereocenters. The number of benzene rings is 2. The Morgan fingerprint density at radius 3 is 2.39 bits per heavy atom. The number of anilines is 2. The van der Waals surface area contributed by atoms with Gasteiger partial charge in [-0.05, 0) is 48.5 Å². The van der Waals surface area contributed by atoms with E-state index in [9.17, 15) is 18.0 Å². The number of para-hydroxylation sites is 1. The van der Waals surface area contributed by atoms with Crippen LogP contribution in [0, 0.1) is 0 Å². The van der Waals surface area contributed by atoms with Gasteiger partial charge in [0.05, 0.1) is 24.9 Å². The van der Waals surface area contributed by atoms with Gasteiger partial charge in [0.1, 0.15) is 9.96 Å². The number of carbonyl (C=O) groups is 2. The van der Waals surface area contributed by atoms with E-state index in [1.165, 1.54) is 25.1 Å². The lowest BCUT2D eigenvalue weighted by atomic mass is 10.1. The van der Waals surface area contributed by atoms with E-state index < -0.39 is 15.9 Å². The number of hydrogen-bond donors (Lipinski definition) is 3. The van der Waals surface area contributed by atoms with Crippen LogP contribution in [0.3, 0.4) is 0 Å². The first-order valence-corrected chi connectivity index (χ1v) is 11.5. The highest BCUT2D eigenvalue weighted by atomic mass is 32.2. The third kappa shape index (κ3) is 5.83. The number of sulfonamides is 1. The van der Waals surface area contributed by atoms with Gasteiger partial charge in [0.2, 0.25) is 5.91 Å². The molecule has 3 N–H and O–H groups in total. The summed E-state index contributed by atoms with van der Waals surface area (Å²) in [6, 6.07) is 16.2. The van der Waals surface area contributed by atoms with Gasteiger partial charge < -0.3 is 15.4 Å². The van der Waals surface area contributed by atoms with Gasteiger partial charge in [-0.3, -0.25) is 14.3 Å². The molecule has 2 aromatic carbocycles. The molecule has 0 spiro atoms. The van der Waals surface area contributed by atoms with Gasteiger partial charge in [0.15, 0.2) is 0 Å². The van der Waals surface area contributed by atoms with Crippen LogP contribution in [0.25, 0.3) is 0 Å². The second-order valence-electron chi connectivity index (χ2n) is 6.46. The first-order chi connectivity index (χ1) is 14.8. The van der Waals surface area contributed by atoms with Crippen LogP contribution in [0.5, 0.6) is 5.75 Å². The number of methoxy groups -OCH3 is 1. The maximum Gasteiger partial charge on any atom is 0.271 e. The van der Waals surface area contributed by atoms with Gasteiger partial charge in [-0.1, -0.05) is 12.1 Å². The lowest BCUT2D eigenvalue weighted by molar-refractivity contribution is -0.119. The molecule has 162 valence electrons. The lowest BCUT2D eigenvalue weighted by Gasteiger charge is -2.12. The first kappa shape index (κ1) is 22.3. The Morgan fingerprint density at radius 1 is 1.00 bits per heavy atom. The zero-order valence-electron chi connectivity index (χ0n) is 16.8. The standard InChI is InChI=1S/C21H21N3O5S2/c1-14(25)22-13-17-11-12-20(30-17)31(27,28)24-19-6-4-3-5-18(19)21(26)23-15-7-9-16(29-2)10-8-15/h3-12,24H,13H2,1-2H3,(H,22,25)(H,23,26). The van der Waals surface area contributed by atoms with Crippen molar-refractivity contribution >= 4 is 44.5 Å². The minimum absolute atomic E-state index is 0.0817. The number of thiophene rings is 1. The van der Waals surface area contributed by atoms with E-state index in [4.69, 9.17) is 4.74 Å². The van der Waals surface area contributed by atoms with Crippen molar-refractivity contribution < 1.29 is 22.7 Å². The Labute approximate surface area is 184 Å². The minimum Gasteiger partial charge on any atom is -0.497 e. The monoisotopic (exact) mass is 459 g/mol. The summed E-state index contributed by atoms with van der Waals surface area (Å²) in [6.45, 7) is 1.64. The van der Waals surface area contributed by atoms with E-state index in [2.05, 4.69) is 15.4 Å². The summed E-state index contributed by atoms with van der Waals surface area (Å²) in [5, 5.41) is 5.37. The number of nitrogens with one attached hydrogen (secondary N) is 3. The maximum absolute atomic E-state index is 12.8. The minimum atomic E-state index is -3.91. The normalized spacial score (nSPS) is 10.9. The summed E-state index contributed by atoms with van der Waals surface area (Å²) < 4.78 is 33.3. The molecule has 0 aliphatic carbocycles. The third-order valence-electron chi connectivity index (χ3n) is 4.18. The van der Waals surface area contributed by atoms with E-state index in [-0.39, 0.29) is 27.9 Å². The second-order valence-corrected chi connectivity index (χ2v) is 9.54. The summed E-state index contributed by atoms with van der Waals surface area (Å²) in [5.41, 5.74) is 0.881. The Kier molecular flexibility index (Phi) is 6.93. The van der Waals surface area contributed by atoms with Crippen LogP contribution in [0.1, 0.15) is 22.2 Å². The van der Waals surface area contributed by atoms with Gasteiger partial charge in [-0.15, -0.1) is 11.3 Å². The molecule has 0 bridgehead atoms. The Bertz CT molecular complexity index is 1190. The van der Waals surface area contributed by atoms with Crippen molar-refractivity contribution in [1.82, 2.24) is 5.32 Å². The van der Waals surface area contributed by atoms with E-state index in [1.807, 2.05) is 0 Å². The molecule has 0 saturated carbocycles. The molecule has 0 radical (unpaired) electrons. The molecule has 8 nitrogen and oxygen atoms in total. The summed E-state index contributed by atoms with van der Waals surface area (Å²) >= 11 is 1.04. The van der Waals surface area contributed by atoms with Gasteiger partial charge in [0.25, 0.3) is 15.9 Å². The highest BCUT2D eigenvalue weighted by Crippen LogP contribution is 2.26. The Morgan fingerprint density at radius 2 is 1.71 bits per heavy atom. The van der Waals surface area contributed by atoms with Crippen LogP contribution in [0.15, 0.2) is 64.9 Å². The van der Waals surface area contributed by atoms with Crippen LogP contribution in [0.2, 0.25) is 0 Å². The smallest absolute Gasteiger partial charge is 0.271 e. The number of rotatable bonds is 8. The number of carbonyl (C=O) groups excluding carboxylic acids is 2. The second kappa shape index (κ2) is 9.63. The molecule has 2 amide bonds. The average molecular weight is 460 g/mol. The number of hydrogen-bond acceptors (Lipinski definition) is 6. The highest BCUT2D eigenvalue weighted by Gasteiger charge is 2.20. The molecule has 1 heterocycles. The molecule has 0 aliphatic heterocycles. The van der Waals surface area contributed by atoms with Crippen LogP contribution in [0.4, 0.5) is 11.4 Å². The Hall–Kier alpha value is -3.37. The van der Waals surface area contributed by atoms with Crippen molar-refractivity contribution in [3.63, 3.8) is 0 Å². The third-order valence-corrected chi connectivity index (χ3v) is 7.12. The quantitative estimate of drug-likeness (QED) is 0.478. The van der Waals surface area contributed by atoms with Gasteiger partial charge in [-0.2, -0.15) is 0 Å². The largest absolute Gasteiger partial charge is 0.497 e. The van der Waals surface area contributed by atoms with Crippen molar-refractivity contribution in [2.24, 2.45) is 0 Å². The van der Waals surface area contributed by atoms with E-state index in [0.717, 1.165) is 11.3 Å². The SMILES string of the molecule is COc1ccc(NC(=O)c2ccccc2NS(=O)(=O)c2ccc(CNC(C)=O)s2)cc1. The van der Waals surface area contributed by atoms with E-state index in [1.54, 1.807) is 49.6 Å². The fourth-order valence-corrected chi connectivity index (χ4v) is 5.02. The molecule has 3 aromatic rings. The van der Waals surface area contributed by atoms with Crippen molar-refractivity contribution in [3.05, 3.63) is 71.1 Å². The van der Waals surface area contributed by atoms with E-state index >= 15 is 0 Å². The van der Waals surface area contributed by atoms with Gasteiger partial charge >= 0.3 is 0 Å². The lowest BCUT2D eigenvalue weighted by Crippen LogP contribution is -2.18. The number of amides is 2. The summed E-state index contributed by atoms with van der Waals surface area (Å²) in [7, 11) is -2.36. The highest BCUT2D eigenvalue weighted by molar-refractivity contribution is 7.94. The van der Waals surface area contributed by atoms with Crippen LogP contribution >= 0.6 is 11.3 Å². The molecule has 0 fully saturated rings.